The Morgan fingerprint density at radius 2 is 1.32 bits per heavy atom. The van der Waals surface area contributed by atoms with Gasteiger partial charge in [-0.3, -0.25) is 0 Å². The van der Waals surface area contributed by atoms with Crippen molar-refractivity contribution < 1.29 is 19.1 Å². The van der Waals surface area contributed by atoms with Crippen LogP contribution in [0.1, 0.15) is 76.7 Å². The van der Waals surface area contributed by atoms with Crippen molar-refractivity contribution >= 4 is 0 Å². The maximum absolute atomic E-state index is 10.9. The molecular formula is C30H48NO3+. The lowest BCUT2D eigenvalue weighted by atomic mass is 10.1. The molecule has 0 saturated heterocycles. The van der Waals surface area contributed by atoms with Crippen LogP contribution in [0.5, 0.6) is 11.5 Å². The number of quaternary nitrogens is 1. The second kappa shape index (κ2) is 16.6. The van der Waals surface area contributed by atoms with Crippen LogP contribution < -0.4 is 9.47 Å². The molecule has 0 fully saturated rings. The summed E-state index contributed by atoms with van der Waals surface area (Å²) in [5.74, 6) is 1.37. The van der Waals surface area contributed by atoms with Gasteiger partial charge in [0.25, 0.3) is 0 Å². The van der Waals surface area contributed by atoms with E-state index in [9.17, 15) is 5.11 Å². The van der Waals surface area contributed by atoms with Gasteiger partial charge >= 0.3 is 0 Å². The number of para-hydroxylation sites is 2. The Kier molecular flexibility index (Phi) is 13.7. The standard InChI is InChI=1S/C30H48NO3/c1-4-5-6-7-8-9-10-11-12-18-23-31(2,24-27-19-14-13-15-20-27)25-28(32)26-34-30-22-17-16-21-29(30)33-3/h13-17,19-22,28,32H,4-12,18,23-26H2,1-3H3/q+1. The summed E-state index contributed by atoms with van der Waals surface area (Å²) in [6.45, 7) is 5.19. The van der Waals surface area contributed by atoms with Crippen LogP contribution in [0.25, 0.3) is 0 Å². The van der Waals surface area contributed by atoms with E-state index in [0.29, 0.717) is 18.0 Å². The van der Waals surface area contributed by atoms with Crippen molar-refractivity contribution in [1.29, 1.82) is 0 Å². The Balaban J connectivity index is 1.81. The minimum Gasteiger partial charge on any atom is -0.493 e. The van der Waals surface area contributed by atoms with Crippen LogP contribution >= 0.6 is 0 Å². The van der Waals surface area contributed by atoms with Crippen LogP contribution in [0.3, 0.4) is 0 Å². The highest BCUT2D eigenvalue weighted by Crippen LogP contribution is 2.26. The molecule has 0 aliphatic heterocycles. The molecule has 1 N–H and O–H groups in total. The molecule has 2 aromatic carbocycles. The monoisotopic (exact) mass is 470 g/mol. The van der Waals surface area contributed by atoms with E-state index in [1.807, 2.05) is 24.3 Å². The summed E-state index contributed by atoms with van der Waals surface area (Å²) in [6.07, 6.45) is 12.9. The van der Waals surface area contributed by atoms with Crippen LogP contribution in [0, 0.1) is 0 Å². The quantitative estimate of drug-likeness (QED) is 0.177. The fourth-order valence-electron chi connectivity index (χ4n) is 4.73. The predicted molar refractivity (Wildman–Crippen MR) is 142 cm³/mol. The normalized spacial score (nSPS) is 13.9. The molecule has 4 nitrogen and oxygen atoms in total. The maximum Gasteiger partial charge on any atom is 0.161 e. The fourth-order valence-corrected chi connectivity index (χ4v) is 4.73. The summed E-state index contributed by atoms with van der Waals surface area (Å²) in [4.78, 5) is 0. The molecule has 0 saturated carbocycles. The number of likely N-dealkylation sites (N-methyl/N-ethyl adjacent to an activating group) is 1. The summed E-state index contributed by atoms with van der Waals surface area (Å²) in [5, 5.41) is 10.9. The smallest absolute Gasteiger partial charge is 0.161 e. The zero-order valence-corrected chi connectivity index (χ0v) is 21.9. The number of rotatable bonds is 19. The second-order valence-electron chi connectivity index (χ2n) is 9.97. The topological polar surface area (TPSA) is 38.7 Å². The van der Waals surface area contributed by atoms with Crippen molar-refractivity contribution in [1.82, 2.24) is 0 Å². The van der Waals surface area contributed by atoms with Crippen LogP contribution in [0.2, 0.25) is 0 Å². The van der Waals surface area contributed by atoms with Crippen molar-refractivity contribution in [2.45, 2.75) is 83.8 Å². The Labute approximate surface area is 208 Å². The number of methoxy groups -OCH3 is 1. The van der Waals surface area contributed by atoms with Crippen molar-refractivity contribution in [2.24, 2.45) is 0 Å². The molecule has 0 aliphatic rings. The SMILES string of the molecule is CCCCCCCCCCCC[N+](C)(Cc1ccccc1)CC(O)COc1ccccc1OC. The summed E-state index contributed by atoms with van der Waals surface area (Å²) in [7, 11) is 3.91. The molecule has 34 heavy (non-hydrogen) atoms. The van der Waals surface area contributed by atoms with Gasteiger partial charge in [-0.2, -0.15) is 0 Å². The first-order valence-corrected chi connectivity index (χ1v) is 13.4. The van der Waals surface area contributed by atoms with E-state index < -0.39 is 6.10 Å². The van der Waals surface area contributed by atoms with Gasteiger partial charge in [0.15, 0.2) is 11.5 Å². The second-order valence-corrected chi connectivity index (χ2v) is 9.97. The van der Waals surface area contributed by atoms with Crippen LogP contribution in [-0.4, -0.2) is 49.5 Å². The van der Waals surface area contributed by atoms with Crippen LogP contribution in [-0.2, 0) is 6.54 Å². The molecule has 2 rings (SSSR count). The van der Waals surface area contributed by atoms with Crippen molar-refractivity contribution in [3.8, 4) is 11.5 Å². The number of aliphatic hydroxyl groups excluding tert-OH is 1. The minimum atomic E-state index is -0.540. The molecule has 2 atom stereocenters. The van der Waals surface area contributed by atoms with Crippen molar-refractivity contribution in [3.05, 3.63) is 60.2 Å². The first-order valence-electron chi connectivity index (χ1n) is 13.4. The van der Waals surface area contributed by atoms with Gasteiger partial charge in [0, 0.05) is 5.56 Å². The van der Waals surface area contributed by atoms with Crippen molar-refractivity contribution in [2.75, 3.05) is 33.9 Å². The van der Waals surface area contributed by atoms with E-state index in [2.05, 4.69) is 44.3 Å². The molecule has 4 heteroatoms. The zero-order valence-electron chi connectivity index (χ0n) is 21.9. The Morgan fingerprint density at radius 1 is 0.765 bits per heavy atom. The maximum atomic E-state index is 10.9. The lowest BCUT2D eigenvalue weighted by molar-refractivity contribution is -0.925. The van der Waals surface area contributed by atoms with Gasteiger partial charge in [-0.25, -0.2) is 0 Å². The summed E-state index contributed by atoms with van der Waals surface area (Å²) < 4.78 is 12.1. The van der Waals surface area contributed by atoms with Crippen molar-refractivity contribution in [3.63, 3.8) is 0 Å². The number of unbranched alkanes of at least 4 members (excludes halogenated alkanes) is 9. The number of ether oxygens (including phenoxy) is 2. The lowest BCUT2D eigenvalue weighted by Crippen LogP contribution is -2.50. The first kappa shape index (κ1) is 28.2. The van der Waals surface area contributed by atoms with E-state index in [-0.39, 0.29) is 6.61 Å². The highest BCUT2D eigenvalue weighted by Gasteiger charge is 2.26. The van der Waals surface area contributed by atoms with Gasteiger partial charge in [-0.15, -0.1) is 0 Å². The van der Waals surface area contributed by atoms with Gasteiger partial charge in [-0.05, 0) is 25.0 Å². The van der Waals surface area contributed by atoms with E-state index in [4.69, 9.17) is 9.47 Å². The molecule has 0 radical (unpaired) electrons. The zero-order chi connectivity index (χ0) is 24.5. The summed E-state index contributed by atoms with van der Waals surface area (Å²) >= 11 is 0. The van der Waals surface area contributed by atoms with Gasteiger partial charge in [0.05, 0.1) is 20.7 Å². The average molecular weight is 471 g/mol. The third-order valence-electron chi connectivity index (χ3n) is 6.61. The molecule has 0 spiro atoms. The molecule has 190 valence electrons. The highest BCUT2D eigenvalue weighted by molar-refractivity contribution is 5.39. The molecule has 0 aromatic heterocycles. The molecule has 0 bridgehead atoms. The van der Waals surface area contributed by atoms with E-state index in [1.165, 1.54) is 69.8 Å². The van der Waals surface area contributed by atoms with Gasteiger partial charge < -0.3 is 19.1 Å². The molecular weight excluding hydrogens is 422 g/mol. The number of hydrogen-bond donors (Lipinski definition) is 1. The largest absolute Gasteiger partial charge is 0.493 e. The van der Waals surface area contributed by atoms with E-state index in [1.54, 1.807) is 7.11 Å². The molecule has 0 amide bonds. The molecule has 0 heterocycles. The van der Waals surface area contributed by atoms with E-state index in [0.717, 1.165) is 17.6 Å². The first-order chi connectivity index (χ1) is 16.6. The van der Waals surface area contributed by atoms with Crippen LogP contribution in [0.15, 0.2) is 54.6 Å². The van der Waals surface area contributed by atoms with Gasteiger partial charge in [-0.1, -0.05) is 101 Å². The number of hydrogen-bond acceptors (Lipinski definition) is 3. The minimum absolute atomic E-state index is 0.265. The van der Waals surface area contributed by atoms with Gasteiger partial charge in [0.1, 0.15) is 25.8 Å². The fraction of sp³-hybridized carbons (Fsp3) is 0.600. The Bertz CT molecular complexity index is 767. The van der Waals surface area contributed by atoms with E-state index >= 15 is 0 Å². The number of benzene rings is 2. The predicted octanol–water partition coefficient (Wildman–Crippen LogP) is 7.00. The molecule has 0 aliphatic carbocycles. The lowest BCUT2D eigenvalue weighted by Gasteiger charge is -2.36. The third kappa shape index (κ3) is 11.4. The Morgan fingerprint density at radius 3 is 1.94 bits per heavy atom. The third-order valence-corrected chi connectivity index (χ3v) is 6.61. The average Bonchev–Trinajstić information content (AvgIpc) is 2.84. The molecule has 2 aromatic rings. The van der Waals surface area contributed by atoms with Crippen LogP contribution in [0.4, 0.5) is 0 Å². The number of aliphatic hydroxyl groups is 1. The highest BCUT2D eigenvalue weighted by atomic mass is 16.5. The summed E-state index contributed by atoms with van der Waals surface area (Å²) in [6, 6.07) is 18.2. The number of nitrogens with zero attached hydrogens (tertiary/aromatic N) is 1. The Hall–Kier alpha value is -2.04. The van der Waals surface area contributed by atoms with Gasteiger partial charge in [0.2, 0.25) is 0 Å². The summed E-state index contributed by atoms with van der Waals surface area (Å²) in [5.41, 5.74) is 1.31. The molecule has 2 unspecified atom stereocenters.